The Morgan fingerprint density at radius 1 is 1.00 bits per heavy atom. The second kappa shape index (κ2) is 9.20. The number of esters is 1. The van der Waals surface area contributed by atoms with Crippen molar-refractivity contribution in [2.24, 2.45) is 0 Å². The first-order chi connectivity index (χ1) is 11.7. The largest absolute Gasteiger partial charge is 0.497 e. The number of hydrogen-bond donors (Lipinski definition) is 0. The highest BCUT2D eigenvalue weighted by Crippen LogP contribution is 2.25. The van der Waals surface area contributed by atoms with Gasteiger partial charge < -0.3 is 14.2 Å². The van der Waals surface area contributed by atoms with Crippen LogP contribution in [0.15, 0.2) is 60.7 Å². The fourth-order valence-electron chi connectivity index (χ4n) is 2.05. The monoisotopic (exact) mass is 324 g/mol. The summed E-state index contributed by atoms with van der Waals surface area (Å²) in [4.78, 5) is 11.8. The third-order valence-corrected chi connectivity index (χ3v) is 3.27. The van der Waals surface area contributed by atoms with Crippen LogP contribution in [0.4, 0.5) is 0 Å². The zero-order valence-electron chi connectivity index (χ0n) is 13.8. The molecule has 0 saturated heterocycles. The summed E-state index contributed by atoms with van der Waals surface area (Å²) in [6.45, 7) is 0.216. The van der Waals surface area contributed by atoms with Crippen molar-refractivity contribution in [2.45, 2.75) is 0 Å². The van der Waals surface area contributed by atoms with Crippen LogP contribution in [0.2, 0.25) is 0 Å². The van der Waals surface area contributed by atoms with Crippen molar-refractivity contribution in [3.63, 3.8) is 0 Å². The third kappa shape index (κ3) is 5.32. The molecular weight excluding hydrogens is 304 g/mol. The first-order valence-electron chi connectivity index (χ1n) is 7.51. The summed E-state index contributed by atoms with van der Waals surface area (Å²) in [5, 5.41) is 0. The van der Waals surface area contributed by atoms with E-state index >= 15 is 0 Å². The molecule has 4 nitrogen and oxygen atoms in total. The maximum absolute atomic E-state index is 11.8. The molecule has 0 heterocycles. The van der Waals surface area contributed by atoms with E-state index in [1.165, 1.54) is 6.08 Å². The number of carbonyl (C=O) groups excluding carboxylic acids is 1. The minimum Gasteiger partial charge on any atom is -0.497 e. The molecule has 2 rings (SSSR count). The van der Waals surface area contributed by atoms with Gasteiger partial charge in [0.15, 0.2) is 0 Å². The van der Waals surface area contributed by atoms with Crippen molar-refractivity contribution in [1.29, 1.82) is 0 Å². The van der Waals surface area contributed by atoms with Crippen molar-refractivity contribution in [3.8, 4) is 11.5 Å². The second-order valence-corrected chi connectivity index (χ2v) is 4.88. The Kier molecular flexibility index (Phi) is 6.65. The van der Waals surface area contributed by atoms with Gasteiger partial charge in [0.1, 0.15) is 18.1 Å². The van der Waals surface area contributed by atoms with Gasteiger partial charge in [0.25, 0.3) is 0 Å². The lowest BCUT2D eigenvalue weighted by Gasteiger charge is -2.07. The molecule has 0 aliphatic rings. The molecule has 0 aliphatic heterocycles. The van der Waals surface area contributed by atoms with Gasteiger partial charge in [0, 0.05) is 11.6 Å². The molecule has 0 aliphatic carbocycles. The van der Waals surface area contributed by atoms with Crippen LogP contribution in [0.25, 0.3) is 12.2 Å². The smallest absolute Gasteiger partial charge is 0.331 e. The second-order valence-electron chi connectivity index (χ2n) is 4.88. The van der Waals surface area contributed by atoms with E-state index in [4.69, 9.17) is 14.2 Å². The average Bonchev–Trinajstić information content (AvgIpc) is 2.64. The van der Waals surface area contributed by atoms with E-state index in [9.17, 15) is 4.79 Å². The standard InChI is InChI=1S/C20H20O4/c1-22-18-11-12-19(23-2)17(15-18)10-13-20(21)24-14-6-9-16-7-4-3-5-8-16/h3-13,15H,14H2,1-2H3/b9-6+,13-10+. The summed E-state index contributed by atoms with van der Waals surface area (Å²) in [6.07, 6.45) is 6.72. The van der Waals surface area contributed by atoms with Crippen LogP contribution < -0.4 is 9.47 Å². The van der Waals surface area contributed by atoms with Crippen molar-refractivity contribution in [3.05, 3.63) is 71.8 Å². The lowest BCUT2D eigenvalue weighted by molar-refractivity contribution is -0.136. The summed E-state index contributed by atoms with van der Waals surface area (Å²) in [7, 11) is 3.16. The number of carbonyl (C=O) groups is 1. The van der Waals surface area contributed by atoms with E-state index in [1.807, 2.05) is 36.4 Å². The fourth-order valence-corrected chi connectivity index (χ4v) is 2.05. The van der Waals surface area contributed by atoms with Crippen LogP contribution in [-0.2, 0) is 9.53 Å². The first kappa shape index (κ1) is 17.3. The maximum Gasteiger partial charge on any atom is 0.331 e. The van der Waals surface area contributed by atoms with E-state index in [-0.39, 0.29) is 6.61 Å². The molecule has 0 bridgehead atoms. The quantitative estimate of drug-likeness (QED) is 0.571. The van der Waals surface area contributed by atoms with E-state index in [0.717, 1.165) is 11.1 Å². The maximum atomic E-state index is 11.8. The highest BCUT2D eigenvalue weighted by Gasteiger charge is 2.03. The summed E-state index contributed by atoms with van der Waals surface area (Å²) in [6, 6.07) is 15.2. The number of benzene rings is 2. The van der Waals surface area contributed by atoms with Crippen LogP contribution in [-0.4, -0.2) is 26.8 Å². The summed E-state index contributed by atoms with van der Waals surface area (Å²) in [5.41, 5.74) is 1.80. The van der Waals surface area contributed by atoms with Gasteiger partial charge in [-0.05, 0) is 35.9 Å². The average molecular weight is 324 g/mol. The molecule has 124 valence electrons. The molecule has 0 unspecified atom stereocenters. The van der Waals surface area contributed by atoms with E-state index < -0.39 is 5.97 Å². The van der Waals surface area contributed by atoms with E-state index in [2.05, 4.69) is 0 Å². The molecular formula is C20H20O4. The van der Waals surface area contributed by atoms with Crippen molar-refractivity contribution in [1.82, 2.24) is 0 Å². The number of methoxy groups -OCH3 is 2. The van der Waals surface area contributed by atoms with Crippen molar-refractivity contribution in [2.75, 3.05) is 20.8 Å². The SMILES string of the molecule is COc1ccc(OC)c(/C=C/C(=O)OC/C=C/c2ccccc2)c1. The lowest BCUT2D eigenvalue weighted by atomic mass is 10.1. The molecule has 0 radical (unpaired) electrons. The molecule has 0 fully saturated rings. The Bertz CT molecular complexity index is 718. The lowest BCUT2D eigenvalue weighted by Crippen LogP contribution is -2.00. The Morgan fingerprint density at radius 3 is 2.50 bits per heavy atom. The predicted molar refractivity (Wildman–Crippen MR) is 95.0 cm³/mol. The number of hydrogen-bond acceptors (Lipinski definition) is 4. The molecule has 0 aromatic heterocycles. The Labute approximate surface area is 142 Å². The van der Waals surface area contributed by atoms with Crippen molar-refractivity contribution < 1.29 is 19.0 Å². The third-order valence-electron chi connectivity index (χ3n) is 3.27. The van der Waals surface area contributed by atoms with Crippen LogP contribution in [0.1, 0.15) is 11.1 Å². The highest BCUT2D eigenvalue weighted by atomic mass is 16.5. The molecule has 0 spiro atoms. The number of ether oxygens (including phenoxy) is 3. The Balaban J connectivity index is 1.90. The predicted octanol–water partition coefficient (Wildman–Crippen LogP) is 3.97. The fraction of sp³-hybridized carbons (Fsp3) is 0.150. The Hall–Kier alpha value is -3.01. The van der Waals surface area contributed by atoms with Crippen LogP contribution in [0.3, 0.4) is 0 Å². The van der Waals surface area contributed by atoms with Gasteiger partial charge in [0.05, 0.1) is 14.2 Å². The number of rotatable bonds is 7. The molecule has 2 aromatic carbocycles. The zero-order valence-corrected chi connectivity index (χ0v) is 13.8. The van der Waals surface area contributed by atoms with Crippen LogP contribution in [0.5, 0.6) is 11.5 Å². The van der Waals surface area contributed by atoms with Crippen molar-refractivity contribution >= 4 is 18.1 Å². The summed E-state index contributed by atoms with van der Waals surface area (Å²) < 4.78 is 15.6. The van der Waals surface area contributed by atoms with E-state index in [1.54, 1.807) is 44.6 Å². The summed E-state index contributed by atoms with van der Waals surface area (Å²) >= 11 is 0. The molecule has 0 atom stereocenters. The summed E-state index contributed by atoms with van der Waals surface area (Å²) in [5.74, 6) is 0.927. The van der Waals surface area contributed by atoms with Gasteiger partial charge >= 0.3 is 5.97 Å². The van der Waals surface area contributed by atoms with Crippen LogP contribution in [0, 0.1) is 0 Å². The Morgan fingerprint density at radius 2 is 1.79 bits per heavy atom. The van der Waals surface area contributed by atoms with Gasteiger partial charge in [-0.2, -0.15) is 0 Å². The molecule has 0 N–H and O–H groups in total. The molecule has 2 aromatic rings. The zero-order chi connectivity index (χ0) is 17.2. The molecule has 4 heteroatoms. The topological polar surface area (TPSA) is 44.8 Å². The van der Waals surface area contributed by atoms with Gasteiger partial charge in [-0.25, -0.2) is 4.79 Å². The minimum absolute atomic E-state index is 0.216. The van der Waals surface area contributed by atoms with Gasteiger partial charge in [-0.1, -0.05) is 36.4 Å². The normalized spacial score (nSPS) is 10.9. The minimum atomic E-state index is -0.419. The van der Waals surface area contributed by atoms with Crippen LogP contribution >= 0.6 is 0 Å². The van der Waals surface area contributed by atoms with Gasteiger partial charge in [0.2, 0.25) is 0 Å². The molecule has 24 heavy (non-hydrogen) atoms. The van der Waals surface area contributed by atoms with Gasteiger partial charge in [-0.3, -0.25) is 0 Å². The molecule has 0 saturated carbocycles. The first-order valence-corrected chi connectivity index (χ1v) is 7.51. The molecule has 0 amide bonds. The van der Waals surface area contributed by atoms with Gasteiger partial charge in [-0.15, -0.1) is 0 Å². The highest BCUT2D eigenvalue weighted by molar-refractivity contribution is 5.87. The van der Waals surface area contributed by atoms with E-state index in [0.29, 0.717) is 11.5 Å².